The van der Waals surface area contributed by atoms with Crippen LogP contribution in [-0.2, 0) is 16.1 Å². The van der Waals surface area contributed by atoms with Gasteiger partial charge in [0.25, 0.3) is 11.7 Å². The first-order valence-corrected chi connectivity index (χ1v) is 9.67. The number of hydrogen-bond donors (Lipinski definition) is 2. The summed E-state index contributed by atoms with van der Waals surface area (Å²) in [6.45, 7) is 0.00997. The van der Waals surface area contributed by atoms with Crippen LogP contribution in [0.1, 0.15) is 22.9 Å². The SMILES string of the molecule is O=C1C(=O)N(Cc2ccco2)C(c2cccc(O)c2)/C1=C(/O)c1ccc(Cl)c(Cl)c1. The summed E-state index contributed by atoms with van der Waals surface area (Å²) in [4.78, 5) is 27.1. The number of Topliss-reactive ketones (excluding diaryl/α,β-unsaturated/α-hetero) is 1. The largest absolute Gasteiger partial charge is 0.508 e. The molecule has 1 aliphatic heterocycles. The van der Waals surface area contributed by atoms with Crippen LogP contribution in [0.3, 0.4) is 0 Å². The van der Waals surface area contributed by atoms with Gasteiger partial charge in [-0.05, 0) is 48.0 Å². The summed E-state index contributed by atoms with van der Waals surface area (Å²) in [5.41, 5.74) is 0.587. The van der Waals surface area contributed by atoms with Crippen LogP contribution in [0.4, 0.5) is 0 Å². The molecule has 1 fully saturated rings. The lowest BCUT2D eigenvalue weighted by atomic mass is 9.95. The van der Waals surface area contributed by atoms with Gasteiger partial charge in [0, 0.05) is 5.56 Å². The summed E-state index contributed by atoms with van der Waals surface area (Å²) < 4.78 is 5.33. The number of aromatic hydroxyl groups is 1. The monoisotopic (exact) mass is 443 g/mol. The van der Waals surface area contributed by atoms with Crippen LogP contribution >= 0.6 is 23.2 Å². The standard InChI is InChI=1S/C22H15Cl2NO5/c23-16-7-6-13(10-17(16)24)20(27)18-19(12-3-1-4-14(26)9-12)25(22(29)21(18)28)11-15-5-2-8-30-15/h1-10,19,26-27H,11H2/b20-18-. The molecule has 152 valence electrons. The van der Waals surface area contributed by atoms with Gasteiger partial charge in [-0.1, -0.05) is 35.3 Å². The Morgan fingerprint density at radius 3 is 2.50 bits per heavy atom. The normalized spacial score (nSPS) is 18.2. The summed E-state index contributed by atoms with van der Waals surface area (Å²) in [6.07, 6.45) is 1.46. The zero-order chi connectivity index (χ0) is 21.4. The highest BCUT2D eigenvalue weighted by atomic mass is 35.5. The van der Waals surface area contributed by atoms with Crippen molar-refractivity contribution in [3.63, 3.8) is 0 Å². The maximum absolute atomic E-state index is 12.9. The van der Waals surface area contributed by atoms with Gasteiger partial charge < -0.3 is 19.5 Å². The summed E-state index contributed by atoms with van der Waals surface area (Å²) in [5.74, 6) is -1.59. The third-order valence-electron chi connectivity index (χ3n) is 4.83. The van der Waals surface area contributed by atoms with E-state index in [-0.39, 0.29) is 39.2 Å². The maximum Gasteiger partial charge on any atom is 0.296 e. The third-order valence-corrected chi connectivity index (χ3v) is 5.56. The number of aliphatic hydroxyl groups excluding tert-OH is 1. The quantitative estimate of drug-likeness (QED) is 0.339. The molecular weight excluding hydrogens is 429 g/mol. The van der Waals surface area contributed by atoms with Crippen molar-refractivity contribution in [3.05, 3.63) is 93.4 Å². The summed E-state index contributed by atoms with van der Waals surface area (Å²) in [6, 6.07) is 13.0. The Bertz CT molecular complexity index is 1170. The van der Waals surface area contributed by atoms with Gasteiger partial charge in [0.15, 0.2) is 0 Å². The van der Waals surface area contributed by atoms with Crippen molar-refractivity contribution < 1.29 is 24.2 Å². The number of benzene rings is 2. The Morgan fingerprint density at radius 2 is 1.83 bits per heavy atom. The molecule has 30 heavy (non-hydrogen) atoms. The maximum atomic E-state index is 12.9. The second-order valence-electron chi connectivity index (χ2n) is 6.73. The highest BCUT2D eigenvalue weighted by Gasteiger charge is 2.46. The number of ketones is 1. The van der Waals surface area contributed by atoms with Crippen molar-refractivity contribution in [3.8, 4) is 5.75 Å². The van der Waals surface area contributed by atoms with Gasteiger partial charge in [-0.3, -0.25) is 9.59 Å². The molecule has 0 radical (unpaired) electrons. The van der Waals surface area contributed by atoms with Crippen LogP contribution in [0.2, 0.25) is 10.0 Å². The van der Waals surface area contributed by atoms with Gasteiger partial charge in [-0.25, -0.2) is 0 Å². The molecule has 2 N–H and O–H groups in total. The van der Waals surface area contributed by atoms with Gasteiger partial charge in [0.2, 0.25) is 0 Å². The Morgan fingerprint density at radius 1 is 1.03 bits per heavy atom. The molecule has 0 spiro atoms. The molecule has 8 heteroatoms. The van der Waals surface area contributed by atoms with Gasteiger partial charge in [-0.15, -0.1) is 0 Å². The van der Waals surface area contributed by atoms with E-state index in [9.17, 15) is 19.8 Å². The molecular formula is C22H15Cl2NO5. The van der Waals surface area contributed by atoms with Crippen LogP contribution in [0.15, 0.2) is 70.9 Å². The lowest BCUT2D eigenvalue weighted by Crippen LogP contribution is -2.29. The molecule has 1 saturated heterocycles. The molecule has 1 amide bonds. The van der Waals surface area contributed by atoms with Crippen LogP contribution in [0, 0.1) is 0 Å². The fourth-order valence-electron chi connectivity index (χ4n) is 3.45. The second kappa shape index (κ2) is 7.89. The number of phenols is 1. The third kappa shape index (κ3) is 3.56. The molecule has 0 aliphatic carbocycles. The molecule has 3 aromatic rings. The van der Waals surface area contributed by atoms with Gasteiger partial charge in [0.05, 0.1) is 34.5 Å². The lowest BCUT2D eigenvalue weighted by molar-refractivity contribution is -0.140. The first-order chi connectivity index (χ1) is 14.4. The molecule has 1 atom stereocenters. The van der Waals surface area contributed by atoms with Crippen molar-refractivity contribution >= 4 is 40.7 Å². The van der Waals surface area contributed by atoms with Crippen LogP contribution in [0.5, 0.6) is 5.75 Å². The minimum Gasteiger partial charge on any atom is -0.508 e. The molecule has 4 rings (SSSR count). The number of halogens is 2. The van der Waals surface area contributed by atoms with E-state index in [0.717, 1.165) is 0 Å². The molecule has 1 aromatic heterocycles. The predicted molar refractivity (Wildman–Crippen MR) is 111 cm³/mol. The smallest absolute Gasteiger partial charge is 0.296 e. The van der Waals surface area contributed by atoms with Crippen LogP contribution < -0.4 is 0 Å². The Labute approximate surface area is 181 Å². The zero-order valence-electron chi connectivity index (χ0n) is 15.4. The number of furan rings is 1. The van der Waals surface area contributed by atoms with E-state index in [1.807, 2.05) is 0 Å². The van der Waals surface area contributed by atoms with Crippen molar-refractivity contribution in [1.29, 1.82) is 0 Å². The molecule has 2 heterocycles. The fourth-order valence-corrected chi connectivity index (χ4v) is 3.75. The Balaban J connectivity index is 1.89. The Kier molecular flexibility index (Phi) is 5.28. The number of carbonyl (C=O) groups is 2. The van der Waals surface area contributed by atoms with Gasteiger partial charge >= 0.3 is 0 Å². The van der Waals surface area contributed by atoms with E-state index in [4.69, 9.17) is 27.6 Å². The number of hydrogen-bond acceptors (Lipinski definition) is 5. The molecule has 0 saturated carbocycles. The highest BCUT2D eigenvalue weighted by Crippen LogP contribution is 2.41. The highest BCUT2D eigenvalue weighted by molar-refractivity contribution is 6.46. The second-order valence-corrected chi connectivity index (χ2v) is 7.54. The first-order valence-electron chi connectivity index (χ1n) is 8.92. The van der Waals surface area contributed by atoms with Crippen LogP contribution in [-0.4, -0.2) is 26.8 Å². The van der Waals surface area contributed by atoms with Crippen molar-refractivity contribution in [2.45, 2.75) is 12.6 Å². The molecule has 1 unspecified atom stereocenters. The molecule has 6 nitrogen and oxygen atoms in total. The average Bonchev–Trinajstić information content (AvgIpc) is 3.32. The number of phenolic OH excluding ortho intramolecular Hbond substituents is 1. The number of aliphatic hydroxyl groups is 1. The van der Waals surface area contributed by atoms with E-state index >= 15 is 0 Å². The number of nitrogens with zero attached hydrogens (tertiary/aromatic N) is 1. The van der Waals surface area contributed by atoms with E-state index in [1.165, 1.54) is 41.5 Å². The molecule has 0 bridgehead atoms. The number of carbonyl (C=O) groups excluding carboxylic acids is 2. The van der Waals surface area contributed by atoms with Crippen LogP contribution in [0.25, 0.3) is 5.76 Å². The van der Waals surface area contributed by atoms with Crippen molar-refractivity contribution in [2.24, 2.45) is 0 Å². The molecule has 2 aromatic carbocycles. The predicted octanol–water partition coefficient (Wildman–Crippen LogP) is 4.91. The summed E-state index contributed by atoms with van der Waals surface area (Å²) >= 11 is 12.0. The van der Waals surface area contributed by atoms with Crippen molar-refractivity contribution in [1.82, 2.24) is 4.90 Å². The summed E-state index contributed by atoms with van der Waals surface area (Å²) in [5, 5.41) is 21.4. The van der Waals surface area contributed by atoms with Gasteiger partial charge in [0.1, 0.15) is 17.3 Å². The lowest BCUT2D eigenvalue weighted by Gasteiger charge is -2.24. The van der Waals surface area contributed by atoms with E-state index < -0.39 is 17.7 Å². The van der Waals surface area contributed by atoms with E-state index in [1.54, 1.807) is 24.3 Å². The first kappa shape index (κ1) is 20.1. The summed E-state index contributed by atoms with van der Waals surface area (Å²) in [7, 11) is 0. The minimum atomic E-state index is -0.934. The molecule has 1 aliphatic rings. The number of likely N-dealkylation sites (tertiary alicyclic amines) is 1. The number of rotatable bonds is 4. The van der Waals surface area contributed by atoms with Crippen molar-refractivity contribution in [2.75, 3.05) is 0 Å². The fraction of sp³-hybridized carbons (Fsp3) is 0.0909. The van der Waals surface area contributed by atoms with E-state index in [0.29, 0.717) is 11.3 Å². The minimum absolute atomic E-state index is 0.00997. The Hall–Kier alpha value is -3.22. The average molecular weight is 444 g/mol. The topological polar surface area (TPSA) is 91.0 Å². The number of amides is 1. The van der Waals surface area contributed by atoms with Gasteiger partial charge in [-0.2, -0.15) is 0 Å². The zero-order valence-corrected chi connectivity index (χ0v) is 16.9. The van der Waals surface area contributed by atoms with E-state index in [2.05, 4.69) is 0 Å².